The third kappa shape index (κ3) is 4.13. The van der Waals surface area contributed by atoms with Crippen molar-refractivity contribution in [1.29, 1.82) is 0 Å². The molecular formula is C18H23N3O3. The van der Waals surface area contributed by atoms with Crippen LogP contribution in [-0.2, 0) is 9.59 Å². The number of carbonyl (C=O) groups is 3. The van der Waals surface area contributed by atoms with Gasteiger partial charge in [-0.25, -0.2) is 0 Å². The maximum atomic E-state index is 12.3. The third-order valence-corrected chi connectivity index (χ3v) is 4.54. The van der Waals surface area contributed by atoms with Crippen LogP contribution in [0, 0.1) is 5.92 Å². The number of benzene rings is 1. The molecule has 6 heteroatoms. The highest BCUT2D eigenvalue weighted by atomic mass is 16.2. The van der Waals surface area contributed by atoms with Crippen molar-refractivity contribution >= 4 is 23.4 Å². The average molecular weight is 329 g/mol. The normalized spacial score (nSPS) is 18.1. The minimum atomic E-state index is -0.139. The number of anilines is 1. The van der Waals surface area contributed by atoms with Gasteiger partial charge in [0.15, 0.2) is 0 Å². The number of hydrogen-bond acceptors (Lipinski definition) is 3. The number of piperidine rings is 1. The van der Waals surface area contributed by atoms with Gasteiger partial charge in [0, 0.05) is 43.2 Å². The second-order valence-electron chi connectivity index (χ2n) is 6.61. The Morgan fingerprint density at radius 3 is 2.17 bits per heavy atom. The topological polar surface area (TPSA) is 78.5 Å². The molecule has 1 saturated heterocycles. The van der Waals surface area contributed by atoms with Crippen molar-refractivity contribution < 1.29 is 14.4 Å². The predicted molar refractivity (Wildman–Crippen MR) is 90.5 cm³/mol. The van der Waals surface area contributed by atoms with Gasteiger partial charge in [-0.1, -0.05) is 0 Å². The van der Waals surface area contributed by atoms with Crippen LogP contribution in [0.15, 0.2) is 24.3 Å². The molecule has 1 aliphatic carbocycles. The summed E-state index contributed by atoms with van der Waals surface area (Å²) in [6.07, 6.45) is 3.66. The number of likely N-dealkylation sites (tertiary alicyclic amines) is 1. The van der Waals surface area contributed by atoms with E-state index in [4.69, 9.17) is 0 Å². The van der Waals surface area contributed by atoms with Crippen molar-refractivity contribution in [3.05, 3.63) is 29.8 Å². The van der Waals surface area contributed by atoms with E-state index in [1.54, 1.807) is 24.3 Å². The highest BCUT2D eigenvalue weighted by Gasteiger charge is 2.35. The molecule has 1 heterocycles. The largest absolute Gasteiger partial charge is 0.349 e. The first-order valence-electron chi connectivity index (χ1n) is 8.50. The van der Waals surface area contributed by atoms with Crippen molar-refractivity contribution in [3.63, 3.8) is 0 Å². The van der Waals surface area contributed by atoms with E-state index in [9.17, 15) is 14.4 Å². The van der Waals surface area contributed by atoms with Crippen molar-refractivity contribution in [3.8, 4) is 0 Å². The number of hydrogen-bond donors (Lipinski definition) is 2. The second-order valence-corrected chi connectivity index (χ2v) is 6.61. The lowest BCUT2D eigenvalue weighted by Gasteiger charge is -2.32. The molecule has 0 radical (unpaired) electrons. The zero-order valence-electron chi connectivity index (χ0n) is 13.9. The van der Waals surface area contributed by atoms with E-state index in [1.807, 2.05) is 4.90 Å². The van der Waals surface area contributed by atoms with Crippen LogP contribution in [0.1, 0.15) is 43.0 Å². The van der Waals surface area contributed by atoms with Crippen LogP contribution >= 0.6 is 0 Å². The smallest absolute Gasteiger partial charge is 0.251 e. The fourth-order valence-electron chi connectivity index (χ4n) is 3.01. The Balaban J connectivity index is 1.48. The van der Waals surface area contributed by atoms with Crippen LogP contribution in [0.5, 0.6) is 0 Å². The van der Waals surface area contributed by atoms with Crippen LogP contribution in [0.3, 0.4) is 0 Å². The molecule has 2 aliphatic rings. The maximum Gasteiger partial charge on any atom is 0.251 e. The van der Waals surface area contributed by atoms with E-state index >= 15 is 0 Å². The van der Waals surface area contributed by atoms with Crippen LogP contribution in [0.4, 0.5) is 5.69 Å². The molecule has 3 amide bonds. The van der Waals surface area contributed by atoms with E-state index < -0.39 is 0 Å². The summed E-state index contributed by atoms with van der Waals surface area (Å²) < 4.78 is 0. The molecule has 2 fully saturated rings. The highest BCUT2D eigenvalue weighted by Crippen LogP contribution is 2.31. The lowest BCUT2D eigenvalue weighted by atomic mass is 10.0. The SMILES string of the molecule is CC(=O)Nc1ccc(C(=O)NC2CCN(C(=O)C3CC3)CC2)cc1. The molecule has 1 aromatic carbocycles. The van der Waals surface area contributed by atoms with Gasteiger partial charge in [-0.15, -0.1) is 0 Å². The summed E-state index contributed by atoms with van der Waals surface area (Å²) in [6.45, 7) is 2.89. The van der Waals surface area contributed by atoms with Crippen LogP contribution in [0.25, 0.3) is 0 Å². The lowest BCUT2D eigenvalue weighted by molar-refractivity contribution is -0.133. The van der Waals surface area contributed by atoms with Crippen molar-refractivity contribution in [2.75, 3.05) is 18.4 Å². The fraction of sp³-hybridized carbons (Fsp3) is 0.500. The van der Waals surface area contributed by atoms with Crippen LogP contribution < -0.4 is 10.6 Å². The summed E-state index contributed by atoms with van der Waals surface area (Å²) in [4.78, 5) is 37.3. The lowest BCUT2D eigenvalue weighted by Crippen LogP contribution is -2.47. The van der Waals surface area contributed by atoms with Crippen LogP contribution in [0.2, 0.25) is 0 Å². The number of carbonyl (C=O) groups excluding carboxylic acids is 3. The van der Waals surface area contributed by atoms with Gasteiger partial charge in [0.1, 0.15) is 0 Å². The van der Waals surface area contributed by atoms with Crippen LogP contribution in [-0.4, -0.2) is 41.8 Å². The van der Waals surface area contributed by atoms with E-state index in [0.717, 1.165) is 38.8 Å². The van der Waals surface area contributed by atoms with Gasteiger partial charge in [-0.3, -0.25) is 14.4 Å². The first-order chi connectivity index (χ1) is 11.5. The van der Waals surface area contributed by atoms with Gasteiger partial charge >= 0.3 is 0 Å². The monoisotopic (exact) mass is 329 g/mol. The Bertz CT molecular complexity index is 629. The zero-order valence-corrected chi connectivity index (χ0v) is 13.9. The number of rotatable bonds is 4. The summed E-state index contributed by atoms with van der Waals surface area (Å²) in [7, 11) is 0. The molecular weight excluding hydrogens is 306 g/mol. The summed E-state index contributed by atoms with van der Waals surface area (Å²) in [5.41, 5.74) is 1.24. The Morgan fingerprint density at radius 2 is 1.62 bits per heavy atom. The molecule has 1 saturated carbocycles. The van der Waals surface area contributed by atoms with E-state index in [-0.39, 0.29) is 29.7 Å². The Morgan fingerprint density at radius 1 is 1.00 bits per heavy atom. The van der Waals surface area contributed by atoms with Gasteiger partial charge in [-0.2, -0.15) is 0 Å². The zero-order chi connectivity index (χ0) is 17.1. The molecule has 2 N–H and O–H groups in total. The first kappa shape index (κ1) is 16.5. The second kappa shape index (κ2) is 7.03. The quantitative estimate of drug-likeness (QED) is 0.884. The molecule has 128 valence electrons. The number of nitrogens with one attached hydrogen (secondary N) is 2. The summed E-state index contributed by atoms with van der Waals surface area (Å²) >= 11 is 0. The molecule has 3 rings (SSSR count). The standard InChI is InChI=1S/C18H23N3O3/c1-12(22)19-15-6-4-13(5-7-15)17(23)20-16-8-10-21(11-9-16)18(24)14-2-3-14/h4-7,14,16H,2-3,8-11H2,1H3,(H,19,22)(H,20,23). The average Bonchev–Trinajstić information content (AvgIpc) is 3.40. The van der Waals surface area contributed by atoms with Crippen molar-refractivity contribution in [2.24, 2.45) is 5.92 Å². The van der Waals surface area contributed by atoms with Crippen molar-refractivity contribution in [2.45, 2.75) is 38.6 Å². The van der Waals surface area contributed by atoms with E-state index in [2.05, 4.69) is 10.6 Å². The molecule has 24 heavy (non-hydrogen) atoms. The van der Waals surface area contributed by atoms with Gasteiger partial charge in [0.25, 0.3) is 5.91 Å². The Labute approximate surface area is 141 Å². The minimum absolute atomic E-state index is 0.107. The van der Waals surface area contributed by atoms with Crippen molar-refractivity contribution in [1.82, 2.24) is 10.2 Å². The van der Waals surface area contributed by atoms with Gasteiger partial charge in [-0.05, 0) is 49.9 Å². The summed E-state index contributed by atoms with van der Waals surface area (Å²) in [6, 6.07) is 6.94. The maximum absolute atomic E-state index is 12.3. The van der Waals surface area contributed by atoms with E-state index in [0.29, 0.717) is 11.3 Å². The Kier molecular flexibility index (Phi) is 4.83. The summed E-state index contributed by atoms with van der Waals surface area (Å²) in [5, 5.41) is 5.71. The highest BCUT2D eigenvalue weighted by molar-refractivity contribution is 5.95. The third-order valence-electron chi connectivity index (χ3n) is 4.54. The molecule has 6 nitrogen and oxygen atoms in total. The summed E-state index contributed by atoms with van der Waals surface area (Å²) in [5.74, 6) is 0.294. The molecule has 0 spiro atoms. The van der Waals surface area contributed by atoms with Gasteiger partial charge in [0.05, 0.1) is 0 Å². The predicted octanol–water partition coefficient (Wildman–Crippen LogP) is 1.78. The molecule has 0 unspecified atom stereocenters. The first-order valence-corrected chi connectivity index (χ1v) is 8.50. The fourth-order valence-corrected chi connectivity index (χ4v) is 3.01. The number of nitrogens with zero attached hydrogens (tertiary/aromatic N) is 1. The molecule has 1 aliphatic heterocycles. The molecule has 1 aromatic rings. The molecule has 0 bridgehead atoms. The molecule has 0 atom stereocenters. The van der Waals surface area contributed by atoms with Gasteiger partial charge in [0.2, 0.25) is 11.8 Å². The Hall–Kier alpha value is -2.37. The molecule has 0 aromatic heterocycles. The van der Waals surface area contributed by atoms with Gasteiger partial charge < -0.3 is 15.5 Å². The number of amides is 3. The minimum Gasteiger partial charge on any atom is -0.349 e. The van der Waals surface area contributed by atoms with E-state index in [1.165, 1.54) is 6.92 Å².